The lowest BCUT2D eigenvalue weighted by Gasteiger charge is -2.11. The van der Waals surface area contributed by atoms with Crippen LogP contribution in [-0.4, -0.2) is 21.9 Å². The summed E-state index contributed by atoms with van der Waals surface area (Å²) in [6.45, 7) is 5.84. The summed E-state index contributed by atoms with van der Waals surface area (Å²) in [6, 6.07) is 5.91. The number of rotatable bonds is 6. The molecule has 0 bridgehead atoms. The number of methoxy groups -OCH3 is 1. The summed E-state index contributed by atoms with van der Waals surface area (Å²) in [5.41, 5.74) is 0.990. The Labute approximate surface area is 127 Å². The first-order valence-corrected chi connectivity index (χ1v) is 7.33. The van der Waals surface area contributed by atoms with Crippen LogP contribution in [0.3, 0.4) is 0 Å². The molecule has 0 atom stereocenters. The maximum absolute atomic E-state index is 5.28. The summed E-state index contributed by atoms with van der Waals surface area (Å²) in [7, 11) is 1.66. The van der Waals surface area contributed by atoms with Gasteiger partial charge >= 0.3 is 0 Å². The Morgan fingerprint density at radius 3 is 2.90 bits per heavy atom. The van der Waals surface area contributed by atoms with Crippen LogP contribution in [-0.2, 0) is 13.1 Å². The van der Waals surface area contributed by atoms with Gasteiger partial charge in [0, 0.05) is 18.3 Å². The normalized spacial score (nSPS) is 10.8. The van der Waals surface area contributed by atoms with Crippen molar-refractivity contribution in [2.24, 2.45) is 5.92 Å². The first-order chi connectivity index (χ1) is 9.60. The Balaban J connectivity index is 2.03. The standard InChI is InChI=1S/C14H19BrN4O/c1-10(2)8-19-14(17-9-18-19)7-16-11-4-5-12(15)13(6-11)20-3/h4-6,9-10,16H,7-8H2,1-3H3. The lowest BCUT2D eigenvalue weighted by molar-refractivity contribution is 0.412. The molecule has 1 heterocycles. The molecule has 0 fully saturated rings. The van der Waals surface area contributed by atoms with Crippen molar-refractivity contribution in [2.75, 3.05) is 12.4 Å². The SMILES string of the molecule is COc1cc(NCc2ncnn2CC(C)C)ccc1Br. The van der Waals surface area contributed by atoms with Gasteiger partial charge in [-0.1, -0.05) is 13.8 Å². The Kier molecular flexibility index (Phi) is 5.00. The molecule has 2 rings (SSSR count). The van der Waals surface area contributed by atoms with E-state index in [0.717, 1.165) is 28.3 Å². The van der Waals surface area contributed by atoms with Gasteiger partial charge in [-0.25, -0.2) is 9.67 Å². The third-order valence-electron chi connectivity index (χ3n) is 2.84. The van der Waals surface area contributed by atoms with Crippen LogP contribution >= 0.6 is 15.9 Å². The number of nitrogens with one attached hydrogen (secondary N) is 1. The molecular weight excluding hydrogens is 320 g/mol. The van der Waals surface area contributed by atoms with E-state index in [-0.39, 0.29) is 0 Å². The average molecular weight is 339 g/mol. The Bertz CT molecular complexity index is 568. The zero-order valence-corrected chi connectivity index (χ0v) is 13.5. The molecule has 1 N–H and O–H groups in total. The van der Waals surface area contributed by atoms with Crippen molar-refractivity contribution in [3.63, 3.8) is 0 Å². The molecule has 108 valence electrons. The monoisotopic (exact) mass is 338 g/mol. The van der Waals surface area contributed by atoms with Crippen LogP contribution in [0.2, 0.25) is 0 Å². The summed E-state index contributed by atoms with van der Waals surface area (Å²) in [4.78, 5) is 4.29. The highest BCUT2D eigenvalue weighted by molar-refractivity contribution is 9.10. The van der Waals surface area contributed by atoms with E-state index in [0.29, 0.717) is 12.5 Å². The van der Waals surface area contributed by atoms with Gasteiger partial charge in [0.15, 0.2) is 0 Å². The third kappa shape index (κ3) is 3.72. The van der Waals surface area contributed by atoms with Crippen molar-refractivity contribution in [1.29, 1.82) is 0 Å². The molecule has 0 unspecified atom stereocenters. The highest BCUT2D eigenvalue weighted by Crippen LogP contribution is 2.27. The molecule has 2 aromatic rings. The van der Waals surface area contributed by atoms with Crippen LogP contribution in [0.4, 0.5) is 5.69 Å². The lowest BCUT2D eigenvalue weighted by atomic mass is 10.2. The maximum atomic E-state index is 5.28. The molecule has 0 aliphatic rings. The molecule has 0 saturated heterocycles. The van der Waals surface area contributed by atoms with Gasteiger partial charge in [0.25, 0.3) is 0 Å². The lowest BCUT2D eigenvalue weighted by Crippen LogP contribution is -2.13. The minimum Gasteiger partial charge on any atom is -0.495 e. The number of nitrogens with zero attached hydrogens (tertiary/aromatic N) is 3. The van der Waals surface area contributed by atoms with E-state index in [1.807, 2.05) is 22.9 Å². The van der Waals surface area contributed by atoms with Crippen molar-refractivity contribution in [3.05, 3.63) is 34.8 Å². The summed E-state index contributed by atoms with van der Waals surface area (Å²) >= 11 is 3.44. The summed E-state index contributed by atoms with van der Waals surface area (Å²) in [5, 5.41) is 7.59. The van der Waals surface area contributed by atoms with E-state index < -0.39 is 0 Å². The predicted molar refractivity (Wildman–Crippen MR) is 82.9 cm³/mol. The van der Waals surface area contributed by atoms with Crippen LogP contribution in [0.25, 0.3) is 0 Å². The number of hydrogen-bond acceptors (Lipinski definition) is 4. The molecular formula is C14H19BrN4O. The van der Waals surface area contributed by atoms with Crippen molar-refractivity contribution < 1.29 is 4.74 Å². The molecule has 0 amide bonds. The van der Waals surface area contributed by atoms with Crippen molar-refractivity contribution in [3.8, 4) is 5.75 Å². The zero-order valence-electron chi connectivity index (χ0n) is 11.9. The Morgan fingerprint density at radius 2 is 2.20 bits per heavy atom. The van der Waals surface area contributed by atoms with E-state index >= 15 is 0 Å². The van der Waals surface area contributed by atoms with Crippen LogP contribution in [0.1, 0.15) is 19.7 Å². The number of ether oxygens (including phenoxy) is 1. The number of benzene rings is 1. The Hall–Kier alpha value is -1.56. The molecule has 20 heavy (non-hydrogen) atoms. The van der Waals surface area contributed by atoms with Gasteiger partial charge in [-0.2, -0.15) is 5.10 Å². The second-order valence-corrected chi connectivity index (χ2v) is 5.81. The average Bonchev–Trinajstić information content (AvgIpc) is 2.84. The minimum atomic E-state index is 0.545. The minimum absolute atomic E-state index is 0.545. The van der Waals surface area contributed by atoms with Gasteiger partial charge in [0.1, 0.15) is 17.9 Å². The van der Waals surface area contributed by atoms with Crippen molar-refractivity contribution in [2.45, 2.75) is 26.9 Å². The van der Waals surface area contributed by atoms with Gasteiger partial charge < -0.3 is 10.1 Å². The third-order valence-corrected chi connectivity index (χ3v) is 3.49. The molecule has 0 spiro atoms. The topological polar surface area (TPSA) is 52.0 Å². The highest BCUT2D eigenvalue weighted by atomic mass is 79.9. The fraction of sp³-hybridized carbons (Fsp3) is 0.429. The quantitative estimate of drug-likeness (QED) is 0.877. The summed E-state index contributed by atoms with van der Waals surface area (Å²) in [6.07, 6.45) is 1.60. The molecule has 0 aliphatic heterocycles. The summed E-state index contributed by atoms with van der Waals surface area (Å²) in [5.74, 6) is 2.28. The first kappa shape index (κ1) is 14.8. The van der Waals surface area contributed by atoms with Crippen LogP contribution in [0.5, 0.6) is 5.75 Å². The molecule has 0 radical (unpaired) electrons. The van der Waals surface area contributed by atoms with Gasteiger partial charge in [-0.3, -0.25) is 0 Å². The number of halogens is 1. The second-order valence-electron chi connectivity index (χ2n) is 4.96. The predicted octanol–water partition coefficient (Wildman–Crippen LogP) is 3.32. The summed E-state index contributed by atoms with van der Waals surface area (Å²) < 4.78 is 8.16. The number of aromatic nitrogens is 3. The van der Waals surface area contributed by atoms with E-state index in [9.17, 15) is 0 Å². The maximum Gasteiger partial charge on any atom is 0.146 e. The molecule has 6 heteroatoms. The molecule has 0 saturated carbocycles. The largest absolute Gasteiger partial charge is 0.495 e. The van der Waals surface area contributed by atoms with E-state index in [1.54, 1.807) is 13.4 Å². The molecule has 1 aromatic heterocycles. The van der Waals surface area contributed by atoms with Crippen molar-refractivity contribution in [1.82, 2.24) is 14.8 Å². The van der Waals surface area contributed by atoms with Gasteiger partial charge in [0.05, 0.1) is 18.1 Å². The van der Waals surface area contributed by atoms with Crippen molar-refractivity contribution >= 4 is 21.6 Å². The smallest absolute Gasteiger partial charge is 0.146 e. The first-order valence-electron chi connectivity index (χ1n) is 6.54. The molecule has 1 aromatic carbocycles. The van der Waals surface area contributed by atoms with Crippen LogP contribution < -0.4 is 10.1 Å². The van der Waals surface area contributed by atoms with E-state index in [2.05, 4.69) is 45.2 Å². The fourth-order valence-corrected chi connectivity index (χ4v) is 2.28. The van der Waals surface area contributed by atoms with E-state index in [4.69, 9.17) is 4.74 Å². The molecule has 0 aliphatic carbocycles. The van der Waals surface area contributed by atoms with Gasteiger partial charge in [-0.05, 0) is 34.0 Å². The van der Waals surface area contributed by atoms with Crippen LogP contribution in [0.15, 0.2) is 29.0 Å². The Morgan fingerprint density at radius 1 is 1.40 bits per heavy atom. The van der Waals surface area contributed by atoms with Crippen LogP contribution in [0, 0.1) is 5.92 Å². The number of anilines is 1. The zero-order chi connectivity index (χ0) is 14.5. The number of hydrogen-bond donors (Lipinski definition) is 1. The van der Waals surface area contributed by atoms with Gasteiger partial charge in [-0.15, -0.1) is 0 Å². The fourth-order valence-electron chi connectivity index (χ4n) is 1.87. The molecule has 5 nitrogen and oxygen atoms in total. The van der Waals surface area contributed by atoms with Gasteiger partial charge in [0.2, 0.25) is 0 Å². The second kappa shape index (κ2) is 6.74. The van der Waals surface area contributed by atoms with E-state index in [1.165, 1.54) is 0 Å². The highest BCUT2D eigenvalue weighted by Gasteiger charge is 2.07.